The normalized spacial score (nSPS) is 22.5. The van der Waals surface area contributed by atoms with Crippen LogP contribution in [0.4, 0.5) is 22.0 Å². The van der Waals surface area contributed by atoms with E-state index in [2.05, 4.69) is 0 Å². The molecule has 1 aromatic carbocycles. The molecule has 0 spiro atoms. The van der Waals surface area contributed by atoms with Gasteiger partial charge in [-0.2, -0.15) is 13.2 Å². The number of benzene rings is 1. The van der Waals surface area contributed by atoms with Gasteiger partial charge >= 0.3 is 6.18 Å². The molecule has 0 saturated carbocycles. The molecule has 1 aromatic rings. The summed E-state index contributed by atoms with van der Waals surface area (Å²) >= 11 is 0. The number of amides is 2. The van der Waals surface area contributed by atoms with Crippen molar-refractivity contribution < 1.29 is 36.6 Å². The summed E-state index contributed by atoms with van der Waals surface area (Å²) < 4.78 is 65.6. The van der Waals surface area contributed by atoms with Gasteiger partial charge in [0.2, 0.25) is 5.60 Å². The van der Waals surface area contributed by atoms with E-state index in [4.69, 9.17) is 0 Å². The fourth-order valence-corrected chi connectivity index (χ4v) is 3.33. The van der Waals surface area contributed by atoms with E-state index in [0.717, 1.165) is 17.0 Å². The Labute approximate surface area is 158 Å². The van der Waals surface area contributed by atoms with Crippen LogP contribution in [0.3, 0.4) is 0 Å². The summed E-state index contributed by atoms with van der Waals surface area (Å²) in [6.07, 6.45) is -4.97. The van der Waals surface area contributed by atoms with Crippen LogP contribution in [0, 0.1) is 17.6 Å². The van der Waals surface area contributed by atoms with Crippen molar-refractivity contribution in [1.29, 1.82) is 0 Å². The Balaban J connectivity index is 2.11. The van der Waals surface area contributed by atoms with Gasteiger partial charge in [-0.15, -0.1) is 0 Å². The maximum Gasteiger partial charge on any atom is 0.426 e. The van der Waals surface area contributed by atoms with E-state index in [1.165, 1.54) is 11.9 Å². The molecule has 5 nitrogen and oxygen atoms in total. The summed E-state index contributed by atoms with van der Waals surface area (Å²) in [6, 6.07) is 2.09. The Kier molecular flexibility index (Phi) is 6.03. The summed E-state index contributed by atoms with van der Waals surface area (Å²) in [4.78, 5) is 26.8. The van der Waals surface area contributed by atoms with E-state index in [1.54, 1.807) is 6.92 Å². The SMILES string of the molecule is C[C@@H]1CN(C(=O)[C@@](C)(O)C(F)(F)F)CC[C@@H]1N(C)C(=O)c1ccc(F)cc1F. The Morgan fingerprint density at radius 3 is 2.36 bits per heavy atom. The molecule has 156 valence electrons. The molecule has 1 heterocycles. The second-order valence-electron chi connectivity index (χ2n) is 7.19. The Hall–Kier alpha value is -2.23. The summed E-state index contributed by atoms with van der Waals surface area (Å²) in [5.74, 6) is -4.42. The van der Waals surface area contributed by atoms with E-state index < -0.39 is 47.2 Å². The topological polar surface area (TPSA) is 60.9 Å². The van der Waals surface area contributed by atoms with Crippen molar-refractivity contribution in [2.24, 2.45) is 5.92 Å². The Bertz CT molecular complexity index is 766. The number of hydrogen-bond donors (Lipinski definition) is 1. The molecule has 1 N–H and O–H groups in total. The quantitative estimate of drug-likeness (QED) is 0.783. The lowest BCUT2D eigenvalue weighted by Gasteiger charge is -2.43. The predicted molar refractivity (Wildman–Crippen MR) is 89.3 cm³/mol. The van der Waals surface area contributed by atoms with E-state index >= 15 is 0 Å². The number of likely N-dealkylation sites (tertiary alicyclic amines) is 1. The largest absolute Gasteiger partial charge is 0.426 e. The van der Waals surface area contributed by atoms with Crippen LogP contribution in [0.2, 0.25) is 0 Å². The van der Waals surface area contributed by atoms with E-state index in [-0.39, 0.29) is 25.1 Å². The fourth-order valence-electron chi connectivity index (χ4n) is 3.33. The van der Waals surface area contributed by atoms with E-state index in [9.17, 15) is 36.6 Å². The molecule has 1 aliphatic heterocycles. The minimum atomic E-state index is -5.11. The number of carbonyl (C=O) groups is 2. The minimum Gasteiger partial charge on any atom is -0.373 e. The molecular formula is C18H21F5N2O3. The molecule has 1 saturated heterocycles. The predicted octanol–water partition coefficient (Wildman–Crippen LogP) is 2.59. The van der Waals surface area contributed by atoms with Crippen LogP contribution in [0.1, 0.15) is 30.6 Å². The van der Waals surface area contributed by atoms with Gasteiger partial charge in [0.05, 0.1) is 5.56 Å². The van der Waals surface area contributed by atoms with Gasteiger partial charge in [-0.25, -0.2) is 8.78 Å². The van der Waals surface area contributed by atoms with Gasteiger partial charge in [0, 0.05) is 32.2 Å². The molecule has 1 fully saturated rings. The zero-order valence-corrected chi connectivity index (χ0v) is 15.6. The van der Waals surface area contributed by atoms with Gasteiger partial charge in [0.15, 0.2) is 0 Å². The highest BCUT2D eigenvalue weighted by atomic mass is 19.4. The molecule has 2 amide bonds. The molecular weight excluding hydrogens is 387 g/mol. The average molecular weight is 408 g/mol. The third kappa shape index (κ3) is 4.11. The second-order valence-corrected chi connectivity index (χ2v) is 7.19. The highest BCUT2D eigenvalue weighted by Gasteiger charge is 2.57. The summed E-state index contributed by atoms with van der Waals surface area (Å²) in [6.45, 7) is 1.82. The van der Waals surface area contributed by atoms with Crippen LogP contribution in [-0.4, -0.2) is 64.7 Å². The van der Waals surface area contributed by atoms with Crippen LogP contribution in [0.5, 0.6) is 0 Å². The van der Waals surface area contributed by atoms with Crippen LogP contribution in [0.15, 0.2) is 18.2 Å². The molecule has 3 atom stereocenters. The van der Waals surface area contributed by atoms with Crippen molar-refractivity contribution in [1.82, 2.24) is 9.80 Å². The number of piperidine rings is 1. The lowest BCUT2D eigenvalue weighted by atomic mass is 9.90. The summed E-state index contributed by atoms with van der Waals surface area (Å²) in [7, 11) is 1.41. The number of halogens is 5. The first kappa shape index (κ1) is 22.1. The zero-order valence-electron chi connectivity index (χ0n) is 15.6. The first-order valence-corrected chi connectivity index (χ1v) is 8.58. The maximum absolute atomic E-state index is 13.9. The Morgan fingerprint density at radius 2 is 1.86 bits per heavy atom. The standard InChI is InChI=1S/C18H21F5N2O3/c1-10-9-25(16(27)17(2,28)18(21,22)23)7-6-14(10)24(3)15(26)12-5-4-11(19)8-13(12)20/h4-5,8,10,14,28H,6-7,9H2,1-3H3/t10-,14+,17-/m1/s1. The number of rotatable bonds is 3. The van der Waals surface area contributed by atoms with Crippen LogP contribution in [-0.2, 0) is 4.79 Å². The minimum absolute atomic E-state index is 0.108. The molecule has 2 rings (SSSR count). The molecule has 0 unspecified atom stereocenters. The van der Waals surface area contributed by atoms with Gasteiger partial charge in [-0.1, -0.05) is 6.92 Å². The number of hydrogen-bond acceptors (Lipinski definition) is 3. The fraction of sp³-hybridized carbons (Fsp3) is 0.556. The van der Waals surface area contributed by atoms with Crippen molar-refractivity contribution in [2.45, 2.75) is 38.1 Å². The first-order chi connectivity index (χ1) is 12.8. The third-order valence-corrected chi connectivity index (χ3v) is 5.09. The molecule has 10 heteroatoms. The first-order valence-electron chi connectivity index (χ1n) is 8.58. The van der Waals surface area contributed by atoms with Crippen LogP contribution in [0.25, 0.3) is 0 Å². The Morgan fingerprint density at radius 1 is 1.25 bits per heavy atom. The van der Waals surface area contributed by atoms with Crippen molar-refractivity contribution in [3.63, 3.8) is 0 Å². The maximum atomic E-state index is 13.9. The highest BCUT2D eigenvalue weighted by molar-refractivity contribution is 5.94. The molecule has 1 aliphatic rings. The number of aliphatic hydroxyl groups is 1. The van der Waals surface area contributed by atoms with E-state index in [1.807, 2.05) is 0 Å². The second kappa shape index (κ2) is 7.65. The average Bonchev–Trinajstić information content (AvgIpc) is 2.58. The van der Waals surface area contributed by atoms with Gasteiger partial charge in [-0.3, -0.25) is 9.59 Å². The summed E-state index contributed by atoms with van der Waals surface area (Å²) in [5, 5.41) is 9.57. The smallest absolute Gasteiger partial charge is 0.373 e. The van der Waals surface area contributed by atoms with Gasteiger partial charge in [-0.05, 0) is 31.4 Å². The van der Waals surface area contributed by atoms with E-state index in [0.29, 0.717) is 13.0 Å². The van der Waals surface area contributed by atoms with Gasteiger partial charge in [0.1, 0.15) is 11.6 Å². The lowest BCUT2D eigenvalue weighted by Crippen LogP contribution is -2.60. The monoisotopic (exact) mass is 408 g/mol. The highest BCUT2D eigenvalue weighted by Crippen LogP contribution is 2.33. The van der Waals surface area contributed by atoms with Gasteiger partial charge in [0.25, 0.3) is 11.8 Å². The van der Waals surface area contributed by atoms with Gasteiger partial charge < -0.3 is 14.9 Å². The van der Waals surface area contributed by atoms with Crippen LogP contribution >= 0.6 is 0 Å². The number of alkyl halides is 3. The molecule has 0 aliphatic carbocycles. The number of carbonyl (C=O) groups excluding carboxylic acids is 2. The lowest BCUT2D eigenvalue weighted by molar-refractivity contribution is -0.251. The van der Waals surface area contributed by atoms with Crippen molar-refractivity contribution in [2.75, 3.05) is 20.1 Å². The molecule has 0 bridgehead atoms. The molecule has 28 heavy (non-hydrogen) atoms. The number of nitrogens with zero attached hydrogens (tertiary/aromatic N) is 2. The van der Waals surface area contributed by atoms with Crippen LogP contribution < -0.4 is 0 Å². The zero-order chi connectivity index (χ0) is 21.4. The van der Waals surface area contributed by atoms with Crippen molar-refractivity contribution >= 4 is 11.8 Å². The van der Waals surface area contributed by atoms with Crippen molar-refractivity contribution in [3.8, 4) is 0 Å². The molecule has 0 aromatic heterocycles. The third-order valence-electron chi connectivity index (χ3n) is 5.09. The van der Waals surface area contributed by atoms with Crippen molar-refractivity contribution in [3.05, 3.63) is 35.4 Å². The molecule has 0 radical (unpaired) electrons. The summed E-state index contributed by atoms with van der Waals surface area (Å²) in [5.41, 5.74) is -3.83.